The number of carboxylic acid groups (broad SMARTS) is 1. The largest absolute Gasteiger partial charge is 0.480 e. The van der Waals surface area contributed by atoms with Gasteiger partial charge in [-0.15, -0.1) is 0 Å². The number of benzene rings is 1. The van der Waals surface area contributed by atoms with Gasteiger partial charge in [0.2, 0.25) is 0 Å². The van der Waals surface area contributed by atoms with Crippen LogP contribution in [-0.4, -0.2) is 32.8 Å². The van der Waals surface area contributed by atoms with Crippen molar-refractivity contribution >= 4 is 11.9 Å². The molecule has 0 aliphatic rings. The Balaban J connectivity index is 2.09. The summed E-state index contributed by atoms with van der Waals surface area (Å²) in [4.78, 5) is 23.4. The maximum atomic E-state index is 12.1. The average Bonchev–Trinajstić information content (AvgIpc) is 2.79. The highest BCUT2D eigenvalue weighted by Gasteiger charge is 2.22. The molecule has 0 saturated heterocycles. The number of aryl methyl sites for hydroxylation is 2. The number of carbonyl (C=O) groups is 2. The minimum Gasteiger partial charge on any atom is -0.480 e. The number of carbonyl (C=O) groups excluding carboxylic acids is 1. The van der Waals surface area contributed by atoms with Crippen LogP contribution in [0.4, 0.5) is 0 Å². The Bertz CT molecular complexity index is 630. The molecule has 0 fully saturated rings. The minimum absolute atomic E-state index is 0.217. The van der Waals surface area contributed by atoms with Gasteiger partial charge in [0.15, 0.2) is 0 Å². The van der Waals surface area contributed by atoms with Crippen LogP contribution in [-0.2, 0) is 18.3 Å². The fourth-order valence-corrected chi connectivity index (χ4v) is 1.95. The van der Waals surface area contributed by atoms with Gasteiger partial charge in [0.05, 0.1) is 0 Å². The van der Waals surface area contributed by atoms with Gasteiger partial charge in [0.1, 0.15) is 11.7 Å². The number of rotatable bonds is 5. The van der Waals surface area contributed by atoms with Gasteiger partial charge in [0.25, 0.3) is 5.91 Å². The van der Waals surface area contributed by atoms with E-state index >= 15 is 0 Å². The number of carboxylic acids is 1. The molecule has 6 heteroatoms. The molecular formula is C15H17N3O3. The minimum atomic E-state index is -1.07. The zero-order valence-corrected chi connectivity index (χ0v) is 11.9. The van der Waals surface area contributed by atoms with E-state index in [0.29, 0.717) is 0 Å². The summed E-state index contributed by atoms with van der Waals surface area (Å²) in [6, 6.07) is 9.81. The first-order valence-corrected chi connectivity index (χ1v) is 6.55. The summed E-state index contributed by atoms with van der Waals surface area (Å²) in [5.41, 5.74) is 1.90. The zero-order chi connectivity index (χ0) is 15.4. The number of aromatic nitrogens is 2. The van der Waals surface area contributed by atoms with E-state index in [2.05, 4.69) is 10.4 Å². The lowest BCUT2D eigenvalue weighted by Gasteiger charge is -2.13. The van der Waals surface area contributed by atoms with E-state index in [1.54, 1.807) is 17.8 Å². The lowest BCUT2D eigenvalue weighted by atomic mass is 10.1. The van der Waals surface area contributed by atoms with Crippen LogP contribution < -0.4 is 5.32 Å². The number of aliphatic carboxylic acids is 1. The fourth-order valence-electron chi connectivity index (χ4n) is 1.95. The van der Waals surface area contributed by atoms with Crippen LogP contribution in [0.1, 0.15) is 21.7 Å². The highest BCUT2D eigenvalue weighted by molar-refractivity contribution is 5.95. The Morgan fingerprint density at radius 1 is 1.33 bits per heavy atom. The van der Waals surface area contributed by atoms with Crippen molar-refractivity contribution in [1.29, 1.82) is 0 Å². The summed E-state index contributed by atoms with van der Waals surface area (Å²) < 4.78 is 1.57. The lowest BCUT2D eigenvalue weighted by molar-refractivity contribution is -0.139. The maximum Gasteiger partial charge on any atom is 0.326 e. The molecule has 0 bridgehead atoms. The summed E-state index contributed by atoms with van der Waals surface area (Å²) in [6.45, 7) is 1.82. The standard InChI is InChI=1S/C15H17N3O3/c1-10-8-12(17-18(10)2)14(19)16-13(15(20)21)9-11-6-4-3-5-7-11/h3-8,13H,9H2,1-2H3,(H,16,19)(H,20,21)/t13-/m1/s1. The van der Waals surface area contributed by atoms with Gasteiger partial charge in [-0.05, 0) is 18.6 Å². The number of nitrogens with zero attached hydrogens (tertiary/aromatic N) is 2. The Morgan fingerprint density at radius 2 is 2.00 bits per heavy atom. The van der Waals surface area contributed by atoms with Crippen molar-refractivity contribution in [3.8, 4) is 0 Å². The fraction of sp³-hybridized carbons (Fsp3) is 0.267. The highest BCUT2D eigenvalue weighted by Crippen LogP contribution is 2.06. The van der Waals surface area contributed by atoms with E-state index in [1.807, 2.05) is 37.3 Å². The first-order valence-electron chi connectivity index (χ1n) is 6.55. The SMILES string of the molecule is Cc1cc(C(=O)N[C@H](Cc2ccccc2)C(=O)O)nn1C. The van der Waals surface area contributed by atoms with E-state index in [1.165, 1.54) is 0 Å². The Hall–Kier alpha value is -2.63. The molecule has 0 aliphatic heterocycles. The molecule has 1 aromatic heterocycles. The summed E-state index contributed by atoms with van der Waals surface area (Å²) in [5.74, 6) is -1.55. The smallest absolute Gasteiger partial charge is 0.326 e. The predicted molar refractivity (Wildman–Crippen MR) is 77.0 cm³/mol. The number of nitrogens with one attached hydrogen (secondary N) is 1. The van der Waals surface area contributed by atoms with E-state index in [4.69, 9.17) is 0 Å². The topological polar surface area (TPSA) is 84.2 Å². The second-order valence-corrected chi connectivity index (χ2v) is 4.85. The van der Waals surface area contributed by atoms with Crippen LogP contribution in [0.5, 0.6) is 0 Å². The van der Waals surface area contributed by atoms with Crippen LogP contribution in [0, 0.1) is 6.92 Å². The van der Waals surface area contributed by atoms with E-state index in [9.17, 15) is 14.7 Å². The van der Waals surface area contributed by atoms with Crippen molar-refractivity contribution in [1.82, 2.24) is 15.1 Å². The zero-order valence-electron chi connectivity index (χ0n) is 11.9. The van der Waals surface area contributed by atoms with Gasteiger partial charge < -0.3 is 10.4 Å². The van der Waals surface area contributed by atoms with E-state index in [0.717, 1.165) is 11.3 Å². The second-order valence-electron chi connectivity index (χ2n) is 4.85. The van der Waals surface area contributed by atoms with Gasteiger partial charge in [-0.3, -0.25) is 9.48 Å². The number of hydrogen-bond donors (Lipinski definition) is 2. The molecule has 0 radical (unpaired) electrons. The predicted octanol–water partition coefficient (Wildman–Crippen LogP) is 1.15. The quantitative estimate of drug-likeness (QED) is 0.864. The number of hydrogen-bond acceptors (Lipinski definition) is 3. The molecule has 1 amide bonds. The Morgan fingerprint density at radius 3 is 2.52 bits per heavy atom. The van der Waals surface area contributed by atoms with Crippen molar-refractivity contribution in [3.63, 3.8) is 0 Å². The molecule has 1 atom stereocenters. The normalized spacial score (nSPS) is 11.9. The molecule has 1 aromatic carbocycles. The third kappa shape index (κ3) is 3.68. The molecule has 2 aromatic rings. The third-order valence-electron chi connectivity index (χ3n) is 3.23. The van der Waals surface area contributed by atoms with Gasteiger partial charge in [-0.25, -0.2) is 4.79 Å². The third-order valence-corrected chi connectivity index (χ3v) is 3.23. The van der Waals surface area contributed by atoms with E-state index < -0.39 is 17.9 Å². The molecule has 6 nitrogen and oxygen atoms in total. The summed E-state index contributed by atoms with van der Waals surface area (Å²) in [7, 11) is 1.73. The van der Waals surface area contributed by atoms with Crippen LogP contribution >= 0.6 is 0 Å². The van der Waals surface area contributed by atoms with Crippen molar-refractivity contribution in [2.45, 2.75) is 19.4 Å². The van der Waals surface area contributed by atoms with Crippen LogP contribution in [0.2, 0.25) is 0 Å². The molecule has 0 unspecified atom stereocenters. The molecule has 2 rings (SSSR count). The molecule has 0 spiro atoms. The highest BCUT2D eigenvalue weighted by atomic mass is 16.4. The van der Waals surface area contributed by atoms with Gasteiger partial charge in [-0.2, -0.15) is 5.10 Å². The Labute approximate surface area is 122 Å². The molecular weight excluding hydrogens is 270 g/mol. The van der Waals surface area contributed by atoms with Crippen LogP contribution in [0.25, 0.3) is 0 Å². The maximum absolute atomic E-state index is 12.1. The second kappa shape index (κ2) is 6.21. The van der Waals surface area contributed by atoms with Crippen LogP contribution in [0.15, 0.2) is 36.4 Å². The Kier molecular flexibility index (Phi) is 4.37. The van der Waals surface area contributed by atoms with Crippen molar-refractivity contribution in [3.05, 3.63) is 53.3 Å². The van der Waals surface area contributed by atoms with Gasteiger partial charge in [0, 0.05) is 19.2 Å². The first-order chi connectivity index (χ1) is 9.97. The molecule has 21 heavy (non-hydrogen) atoms. The van der Waals surface area contributed by atoms with Gasteiger partial charge >= 0.3 is 5.97 Å². The van der Waals surface area contributed by atoms with Crippen LogP contribution in [0.3, 0.4) is 0 Å². The average molecular weight is 287 g/mol. The summed E-state index contributed by atoms with van der Waals surface area (Å²) in [6.07, 6.45) is 0.230. The molecule has 110 valence electrons. The molecule has 1 heterocycles. The van der Waals surface area contributed by atoms with Gasteiger partial charge in [-0.1, -0.05) is 30.3 Å². The molecule has 2 N–H and O–H groups in total. The van der Waals surface area contributed by atoms with E-state index in [-0.39, 0.29) is 12.1 Å². The summed E-state index contributed by atoms with van der Waals surface area (Å²) >= 11 is 0. The van der Waals surface area contributed by atoms with Crippen molar-refractivity contribution in [2.75, 3.05) is 0 Å². The van der Waals surface area contributed by atoms with Crippen molar-refractivity contribution in [2.24, 2.45) is 7.05 Å². The van der Waals surface area contributed by atoms with Crippen molar-refractivity contribution < 1.29 is 14.7 Å². The lowest BCUT2D eigenvalue weighted by Crippen LogP contribution is -2.42. The summed E-state index contributed by atoms with van der Waals surface area (Å²) in [5, 5.41) is 15.8. The molecule has 0 aliphatic carbocycles. The number of amides is 1. The molecule has 0 saturated carbocycles. The monoisotopic (exact) mass is 287 g/mol. The first kappa shape index (κ1) is 14.8.